The first-order valence-corrected chi connectivity index (χ1v) is 15.1. The minimum atomic E-state index is -0.873. The molecule has 0 radical (unpaired) electrons. The largest absolute Gasteiger partial charge is 0.481 e. The average Bonchev–Trinajstić information content (AvgIpc) is 2.96. The van der Waals surface area contributed by atoms with E-state index in [0.29, 0.717) is 25.9 Å². The topological polar surface area (TPSA) is 134 Å². The van der Waals surface area contributed by atoms with Gasteiger partial charge < -0.3 is 29.5 Å². The summed E-state index contributed by atoms with van der Waals surface area (Å²) in [5, 5.41) is 19.0. The molecule has 44 heavy (non-hydrogen) atoms. The lowest BCUT2D eigenvalue weighted by Gasteiger charge is -2.37. The van der Waals surface area contributed by atoms with E-state index in [1.807, 2.05) is 60.7 Å². The van der Waals surface area contributed by atoms with Gasteiger partial charge in [0.2, 0.25) is 0 Å². The quantitative estimate of drug-likeness (QED) is 0.417. The Morgan fingerprint density at radius 1 is 0.614 bits per heavy atom. The molecule has 2 amide bonds. The van der Waals surface area contributed by atoms with Crippen LogP contribution in [0.15, 0.2) is 60.7 Å². The van der Waals surface area contributed by atoms with Crippen LogP contribution in [0.3, 0.4) is 0 Å². The fourth-order valence-corrected chi connectivity index (χ4v) is 5.59. The third-order valence-electron chi connectivity index (χ3n) is 7.62. The summed E-state index contributed by atoms with van der Waals surface area (Å²) in [6.07, 6.45) is 0.371. The van der Waals surface area contributed by atoms with Crippen molar-refractivity contribution in [3.63, 3.8) is 0 Å². The van der Waals surface area contributed by atoms with Crippen molar-refractivity contribution >= 4 is 24.1 Å². The molecule has 2 aliphatic rings. The fourth-order valence-electron chi connectivity index (χ4n) is 5.59. The molecule has 10 nitrogen and oxygen atoms in total. The van der Waals surface area contributed by atoms with Gasteiger partial charge in [0.1, 0.15) is 11.2 Å². The number of amides is 2. The smallest absolute Gasteiger partial charge is 0.410 e. The van der Waals surface area contributed by atoms with Gasteiger partial charge in [0.25, 0.3) is 0 Å². The average molecular weight is 611 g/mol. The summed E-state index contributed by atoms with van der Waals surface area (Å²) < 4.78 is 10.7. The lowest BCUT2D eigenvalue weighted by Crippen LogP contribution is -2.47. The highest BCUT2D eigenvalue weighted by atomic mass is 16.6. The predicted molar refractivity (Wildman–Crippen MR) is 165 cm³/mol. The zero-order chi connectivity index (χ0) is 32.7. The van der Waals surface area contributed by atoms with E-state index in [0.717, 1.165) is 11.1 Å². The van der Waals surface area contributed by atoms with Gasteiger partial charge >= 0.3 is 24.1 Å². The number of carboxylic acids is 2. The monoisotopic (exact) mass is 610 g/mol. The first-order valence-electron chi connectivity index (χ1n) is 15.1. The number of rotatable bonds is 4. The Bertz CT molecular complexity index is 1170. The van der Waals surface area contributed by atoms with Crippen LogP contribution in [0, 0.1) is 11.8 Å². The van der Waals surface area contributed by atoms with Crippen molar-refractivity contribution in [1.29, 1.82) is 0 Å². The number of carbonyl (C=O) groups excluding carboxylic acids is 2. The molecule has 2 saturated heterocycles. The van der Waals surface area contributed by atoms with Gasteiger partial charge in [-0.15, -0.1) is 0 Å². The summed E-state index contributed by atoms with van der Waals surface area (Å²) in [5.74, 6) is -3.11. The maximum absolute atomic E-state index is 12.1. The van der Waals surface area contributed by atoms with Crippen LogP contribution in [-0.2, 0) is 19.1 Å². The van der Waals surface area contributed by atoms with E-state index in [1.165, 1.54) is 9.80 Å². The maximum atomic E-state index is 12.1. The molecule has 2 N–H and O–H groups in total. The highest BCUT2D eigenvalue weighted by Gasteiger charge is 2.39. The highest BCUT2D eigenvalue weighted by Crippen LogP contribution is 2.35. The third kappa shape index (κ3) is 9.99. The summed E-state index contributed by atoms with van der Waals surface area (Å²) in [7, 11) is 0. The minimum Gasteiger partial charge on any atom is -0.481 e. The van der Waals surface area contributed by atoms with Gasteiger partial charge in [-0.3, -0.25) is 9.59 Å². The van der Waals surface area contributed by atoms with Crippen LogP contribution in [-0.4, -0.2) is 81.5 Å². The fraction of sp³-hybridized carbons (Fsp3) is 0.529. The van der Waals surface area contributed by atoms with Crippen LogP contribution in [0.4, 0.5) is 9.59 Å². The molecule has 0 aliphatic carbocycles. The molecule has 2 fully saturated rings. The maximum Gasteiger partial charge on any atom is 0.410 e. The zero-order valence-corrected chi connectivity index (χ0v) is 26.6. The van der Waals surface area contributed by atoms with Crippen molar-refractivity contribution < 1.29 is 38.9 Å². The predicted octanol–water partition coefficient (Wildman–Crippen LogP) is 6.22. The molecule has 0 spiro atoms. The van der Waals surface area contributed by atoms with Crippen molar-refractivity contribution in [2.24, 2.45) is 11.8 Å². The van der Waals surface area contributed by atoms with E-state index < -0.39 is 47.2 Å². The molecule has 2 aromatic rings. The van der Waals surface area contributed by atoms with Crippen molar-refractivity contribution in [2.45, 2.75) is 77.4 Å². The number of ether oxygens (including phenoxy) is 2. The molecule has 2 heterocycles. The van der Waals surface area contributed by atoms with Gasteiger partial charge in [-0.25, -0.2) is 9.59 Å². The molecular formula is C34H46N2O8. The van der Waals surface area contributed by atoms with Crippen LogP contribution in [0.5, 0.6) is 0 Å². The Labute approximate surface area is 259 Å². The zero-order valence-electron chi connectivity index (χ0n) is 26.6. The number of hydrogen-bond acceptors (Lipinski definition) is 6. The van der Waals surface area contributed by atoms with Crippen LogP contribution >= 0.6 is 0 Å². The van der Waals surface area contributed by atoms with Gasteiger partial charge in [0.15, 0.2) is 0 Å². The number of piperidine rings is 2. The van der Waals surface area contributed by atoms with E-state index in [1.54, 1.807) is 41.5 Å². The second-order valence-corrected chi connectivity index (χ2v) is 13.4. The standard InChI is InChI=1S/2C17H23NO4/c2*1-17(2,3)22-16(21)18-10-9-13(14(11-18)15(19)20)12-7-5-4-6-8-12/h2*4-8,13-14H,9-11H2,1-3H3,(H,19,20)/t2*13-,14+/m10/s1. The van der Waals surface area contributed by atoms with Crippen LogP contribution in [0.2, 0.25) is 0 Å². The number of benzene rings is 2. The summed E-state index contributed by atoms with van der Waals surface area (Å²) in [5.41, 5.74) is 0.871. The molecular weight excluding hydrogens is 564 g/mol. The number of hydrogen-bond donors (Lipinski definition) is 2. The number of carbonyl (C=O) groups is 4. The Kier molecular flexibility index (Phi) is 11.4. The van der Waals surface area contributed by atoms with Gasteiger partial charge in [-0.05, 0) is 65.5 Å². The van der Waals surface area contributed by atoms with Gasteiger partial charge in [-0.2, -0.15) is 0 Å². The van der Waals surface area contributed by atoms with Crippen molar-refractivity contribution in [3.05, 3.63) is 71.8 Å². The lowest BCUT2D eigenvalue weighted by atomic mass is 9.80. The molecule has 240 valence electrons. The molecule has 0 aromatic heterocycles. The molecule has 2 aliphatic heterocycles. The Morgan fingerprint density at radius 2 is 0.932 bits per heavy atom. The molecule has 0 unspecified atom stereocenters. The minimum absolute atomic E-state index is 0.0719. The third-order valence-corrected chi connectivity index (χ3v) is 7.62. The van der Waals surface area contributed by atoms with Crippen molar-refractivity contribution in [2.75, 3.05) is 26.2 Å². The molecule has 0 bridgehead atoms. The normalized spacial score (nSPS) is 22.2. The molecule has 4 rings (SSSR count). The van der Waals surface area contributed by atoms with E-state index in [9.17, 15) is 29.4 Å². The molecule has 10 heteroatoms. The van der Waals surface area contributed by atoms with Gasteiger partial charge in [0, 0.05) is 38.0 Å². The Hall–Kier alpha value is -4.08. The number of nitrogens with zero attached hydrogens (tertiary/aromatic N) is 2. The van der Waals surface area contributed by atoms with E-state index >= 15 is 0 Å². The second-order valence-electron chi connectivity index (χ2n) is 13.4. The SMILES string of the molecule is CC(C)(C)OC(=O)N1CC[C@@H](c2ccccc2)[C@H](C(=O)O)C1.CC(C)(C)OC(=O)N1CC[C@H](c2ccccc2)[C@@H](C(=O)O)C1. The molecule has 0 saturated carbocycles. The summed E-state index contributed by atoms with van der Waals surface area (Å²) in [6.45, 7) is 12.2. The number of carboxylic acid groups (broad SMARTS) is 2. The van der Waals surface area contributed by atoms with Crippen LogP contribution < -0.4 is 0 Å². The highest BCUT2D eigenvalue weighted by molar-refractivity contribution is 5.75. The van der Waals surface area contributed by atoms with Crippen molar-refractivity contribution in [1.82, 2.24) is 9.80 Å². The summed E-state index contributed by atoms with van der Waals surface area (Å²) in [6, 6.07) is 19.3. The van der Waals surface area contributed by atoms with E-state index in [4.69, 9.17) is 9.47 Å². The van der Waals surface area contributed by atoms with Gasteiger partial charge in [-0.1, -0.05) is 60.7 Å². The second kappa shape index (κ2) is 14.6. The first-order chi connectivity index (χ1) is 20.6. The Morgan fingerprint density at radius 3 is 1.20 bits per heavy atom. The van der Waals surface area contributed by atoms with E-state index in [2.05, 4.69) is 0 Å². The molecule has 2 aromatic carbocycles. The van der Waals surface area contributed by atoms with Crippen LogP contribution in [0.25, 0.3) is 0 Å². The van der Waals surface area contributed by atoms with E-state index in [-0.39, 0.29) is 24.9 Å². The lowest BCUT2D eigenvalue weighted by molar-refractivity contribution is -0.145. The molecule has 4 atom stereocenters. The number of likely N-dealkylation sites (tertiary alicyclic amines) is 2. The first kappa shape index (κ1) is 34.4. The Balaban J connectivity index is 0.000000240. The van der Waals surface area contributed by atoms with Crippen LogP contribution in [0.1, 0.15) is 77.3 Å². The number of aliphatic carboxylic acids is 2. The van der Waals surface area contributed by atoms with Crippen molar-refractivity contribution in [3.8, 4) is 0 Å². The summed E-state index contributed by atoms with van der Waals surface area (Å²) >= 11 is 0. The summed E-state index contributed by atoms with van der Waals surface area (Å²) in [4.78, 5) is 50.5. The van der Waals surface area contributed by atoms with Gasteiger partial charge in [0.05, 0.1) is 11.8 Å².